The van der Waals surface area contributed by atoms with Crippen LogP contribution in [0, 0.1) is 5.92 Å². The van der Waals surface area contributed by atoms with Gasteiger partial charge in [-0.2, -0.15) is 0 Å². The molecule has 2 aliphatic rings. The Morgan fingerprint density at radius 3 is 2.76 bits per heavy atom. The van der Waals surface area contributed by atoms with Gasteiger partial charge in [0.2, 0.25) is 0 Å². The summed E-state index contributed by atoms with van der Waals surface area (Å²) in [6.45, 7) is 5.43. The number of hydrogen-bond acceptors (Lipinski definition) is 2. The van der Waals surface area contributed by atoms with Gasteiger partial charge in [-0.1, -0.05) is 30.3 Å². The first-order valence-electron chi connectivity index (χ1n) is 6.11. The molecule has 0 N–H and O–H groups in total. The summed E-state index contributed by atoms with van der Waals surface area (Å²) in [5.74, 6) is 1.05. The molecule has 1 fully saturated rings. The molecule has 0 heterocycles. The number of rotatable bonds is 2. The summed E-state index contributed by atoms with van der Waals surface area (Å²) in [6.07, 6.45) is 3.01. The maximum atomic E-state index is 11.1. The second-order valence-corrected chi connectivity index (χ2v) is 4.96. The summed E-state index contributed by atoms with van der Waals surface area (Å²) in [6, 6.07) is 8.50. The molecule has 1 aromatic rings. The van der Waals surface area contributed by atoms with E-state index in [0.717, 1.165) is 6.42 Å². The number of esters is 1. The molecule has 0 unspecified atom stereocenters. The number of benzene rings is 1. The van der Waals surface area contributed by atoms with Crippen molar-refractivity contribution >= 4 is 5.97 Å². The molecule has 0 spiro atoms. The number of ether oxygens (including phenoxy) is 1. The zero-order chi connectivity index (χ0) is 12.0. The summed E-state index contributed by atoms with van der Waals surface area (Å²) in [5.41, 5.74) is 2.77. The maximum absolute atomic E-state index is 11.1. The fourth-order valence-electron chi connectivity index (χ4n) is 3.59. The molecule has 2 bridgehead atoms. The minimum atomic E-state index is -0.178. The minimum absolute atomic E-state index is 0.0374. The third-order valence-electron chi connectivity index (χ3n) is 4.11. The minimum Gasteiger partial charge on any atom is -0.462 e. The van der Waals surface area contributed by atoms with E-state index in [-0.39, 0.29) is 12.1 Å². The average Bonchev–Trinajstić information content (AvgIpc) is 2.80. The van der Waals surface area contributed by atoms with Crippen LogP contribution in [-0.4, -0.2) is 12.1 Å². The average molecular weight is 228 g/mol. The lowest BCUT2D eigenvalue weighted by molar-refractivity contribution is -0.147. The highest BCUT2D eigenvalue weighted by molar-refractivity contribution is 5.66. The number of fused-ring (bicyclic) bond motifs is 5. The number of carbonyl (C=O) groups is 1. The molecule has 2 heteroatoms. The van der Waals surface area contributed by atoms with Crippen molar-refractivity contribution in [1.29, 1.82) is 0 Å². The zero-order valence-electron chi connectivity index (χ0n) is 9.93. The Kier molecular flexibility index (Phi) is 2.32. The summed E-state index contributed by atoms with van der Waals surface area (Å²) in [7, 11) is 0. The Labute approximate surface area is 101 Å². The Morgan fingerprint density at radius 2 is 2.12 bits per heavy atom. The van der Waals surface area contributed by atoms with Gasteiger partial charge in [-0.3, -0.25) is 4.79 Å². The predicted octanol–water partition coefficient (Wildman–Crippen LogP) is 3.01. The van der Waals surface area contributed by atoms with Gasteiger partial charge in [0, 0.05) is 12.8 Å². The van der Waals surface area contributed by atoms with E-state index in [2.05, 4.69) is 30.8 Å². The van der Waals surface area contributed by atoms with Crippen LogP contribution in [0.3, 0.4) is 0 Å². The van der Waals surface area contributed by atoms with Crippen LogP contribution in [-0.2, 0) is 9.53 Å². The normalized spacial score (nSPS) is 33.2. The first-order chi connectivity index (χ1) is 8.22. The molecule has 0 amide bonds. The van der Waals surface area contributed by atoms with E-state index >= 15 is 0 Å². The lowest BCUT2D eigenvalue weighted by Gasteiger charge is -2.24. The van der Waals surface area contributed by atoms with Crippen LogP contribution in [0.15, 0.2) is 36.9 Å². The van der Waals surface area contributed by atoms with E-state index in [0.29, 0.717) is 17.8 Å². The molecule has 0 saturated heterocycles. The Bertz CT molecular complexity index is 478. The third-order valence-corrected chi connectivity index (χ3v) is 4.11. The van der Waals surface area contributed by atoms with Gasteiger partial charge in [0.1, 0.15) is 6.10 Å². The van der Waals surface area contributed by atoms with Gasteiger partial charge in [0.25, 0.3) is 0 Å². The molecular formula is C15H16O2. The summed E-state index contributed by atoms with van der Waals surface area (Å²) < 4.78 is 5.45. The van der Waals surface area contributed by atoms with Crippen molar-refractivity contribution in [3.63, 3.8) is 0 Å². The van der Waals surface area contributed by atoms with E-state index < -0.39 is 0 Å². The van der Waals surface area contributed by atoms with Gasteiger partial charge in [-0.05, 0) is 29.4 Å². The van der Waals surface area contributed by atoms with Gasteiger partial charge in [0.15, 0.2) is 0 Å². The Morgan fingerprint density at radius 1 is 1.41 bits per heavy atom. The molecule has 2 nitrogen and oxygen atoms in total. The van der Waals surface area contributed by atoms with Gasteiger partial charge in [-0.15, -0.1) is 6.58 Å². The Hall–Kier alpha value is -1.57. The Balaban J connectivity index is 2.00. The van der Waals surface area contributed by atoms with Crippen molar-refractivity contribution < 1.29 is 9.53 Å². The zero-order valence-corrected chi connectivity index (χ0v) is 9.93. The molecule has 0 radical (unpaired) electrons. The second-order valence-electron chi connectivity index (χ2n) is 4.96. The van der Waals surface area contributed by atoms with Crippen molar-refractivity contribution in [3.8, 4) is 0 Å². The van der Waals surface area contributed by atoms with E-state index in [1.54, 1.807) is 0 Å². The molecule has 88 valence electrons. The smallest absolute Gasteiger partial charge is 0.302 e. The van der Waals surface area contributed by atoms with E-state index in [1.165, 1.54) is 18.1 Å². The largest absolute Gasteiger partial charge is 0.462 e. The highest BCUT2D eigenvalue weighted by atomic mass is 16.5. The number of carbonyl (C=O) groups excluding carboxylic acids is 1. The maximum Gasteiger partial charge on any atom is 0.302 e. The van der Waals surface area contributed by atoms with E-state index in [4.69, 9.17) is 4.74 Å². The lowest BCUT2D eigenvalue weighted by atomic mass is 9.90. The van der Waals surface area contributed by atoms with Crippen molar-refractivity contribution in [2.75, 3.05) is 0 Å². The number of allylic oxidation sites excluding steroid dienone is 1. The van der Waals surface area contributed by atoms with Crippen molar-refractivity contribution in [3.05, 3.63) is 48.0 Å². The van der Waals surface area contributed by atoms with Gasteiger partial charge in [-0.25, -0.2) is 0 Å². The molecule has 3 rings (SSSR count). The molecule has 4 atom stereocenters. The lowest BCUT2D eigenvalue weighted by Crippen LogP contribution is -2.22. The van der Waals surface area contributed by atoms with Gasteiger partial charge in [0.05, 0.1) is 0 Å². The van der Waals surface area contributed by atoms with Crippen molar-refractivity contribution in [2.45, 2.75) is 31.3 Å². The topological polar surface area (TPSA) is 26.3 Å². The molecule has 1 aromatic carbocycles. The highest BCUT2D eigenvalue weighted by Gasteiger charge is 2.51. The highest BCUT2D eigenvalue weighted by Crippen LogP contribution is 2.58. The monoisotopic (exact) mass is 228 g/mol. The standard InChI is InChI=1S/C15H16O2/c1-3-10-13-8-14(17-9(2)16)15(10)12-7-5-4-6-11(12)13/h3-7,10,13-15H,1,8H2,2H3/t10-,13-,14+,15+/m1/s1. The molecule has 0 aliphatic heterocycles. The summed E-state index contributed by atoms with van der Waals surface area (Å²) >= 11 is 0. The van der Waals surface area contributed by atoms with Crippen LogP contribution in [0.25, 0.3) is 0 Å². The number of hydrogen-bond donors (Lipinski definition) is 0. The molecule has 1 saturated carbocycles. The third kappa shape index (κ3) is 1.43. The van der Waals surface area contributed by atoms with E-state index in [1.807, 2.05) is 6.08 Å². The fraction of sp³-hybridized carbons (Fsp3) is 0.400. The van der Waals surface area contributed by atoms with Crippen molar-refractivity contribution in [1.82, 2.24) is 0 Å². The first kappa shape index (κ1) is 10.6. The molecule has 0 aromatic heterocycles. The fourth-order valence-corrected chi connectivity index (χ4v) is 3.59. The van der Waals surface area contributed by atoms with Gasteiger partial charge >= 0.3 is 5.97 Å². The van der Waals surface area contributed by atoms with Crippen LogP contribution in [0.4, 0.5) is 0 Å². The van der Waals surface area contributed by atoms with Crippen LogP contribution in [0.5, 0.6) is 0 Å². The van der Waals surface area contributed by atoms with E-state index in [9.17, 15) is 4.79 Å². The quantitative estimate of drug-likeness (QED) is 0.574. The summed E-state index contributed by atoms with van der Waals surface area (Å²) in [5, 5.41) is 0. The summed E-state index contributed by atoms with van der Waals surface area (Å²) in [4.78, 5) is 11.1. The molecular weight excluding hydrogens is 212 g/mol. The van der Waals surface area contributed by atoms with Crippen LogP contribution in [0.2, 0.25) is 0 Å². The molecule has 17 heavy (non-hydrogen) atoms. The predicted molar refractivity (Wildman–Crippen MR) is 65.8 cm³/mol. The second kappa shape index (κ2) is 3.73. The van der Waals surface area contributed by atoms with Gasteiger partial charge < -0.3 is 4.74 Å². The SMILES string of the molecule is C=C[C@H]1[C@H]2c3ccccc3[C@@H]1C[C@@H]2OC(C)=O. The van der Waals surface area contributed by atoms with Crippen LogP contribution < -0.4 is 0 Å². The molecule has 2 aliphatic carbocycles. The van der Waals surface area contributed by atoms with Crippen LogP contribution in [0.1, 0.15) is 36.3 Å². The van der Waals surface area contributed by atoms with Crippen LogP contribution >= 0.6 is 0 Å². The van der Waals surface area contributed by atoms with Crippen molar-refractivity contribution in [2.24, 2.45) is 5.92 Å². The first-order valence-corrected chi connectivity index (χ1v) is 6.11.